The maximum atomic E-state index is 8.94. The number of hydrogen-bond acceptors (Lipinski definition) is 2. The predicted octanol–water partition coefficient (Wildman–Crippen LogP) is 3.68. The Morgan fingerprint density at radius 1 is 1.25 bits per heavy atom. The number of nitriles is 2. The van der Waals surface area contributed by atoms with Gasteiger partial charge >= 0.3 is 0 Å². The summed E-state index contributed by atoms with van der Waals surface area (Å²) in [6.45, 7) is 6.30. The van der Waals surface area contributed by atoms with Crippen molar-refractivity contribution in [2.75, 3.05) is 0 Å². The van der Waals surface area contributed by atoms with Gasteiger partial charge in [0.05, 0.1) is 18.1 Å². The summed E-state index contributed by atoms with van der Waals surface area (Å²) in [4.78, 5) is 0. The standard InChI is InChI=1S/C13H13BrN2/c1-13(2,3)11-7-12(14)10(8-16)6-9(11)4-5-15/h6-7H,4H2,1-3H3. The van der Waals surface area contributed by atoms with E-state index in [-0.39, 0.29) is 5.41 Å². The molecule has 1 aromatic carbocycles. The molecule has 0 N–H and O–H groups in total. The van der Waals surface area contributed by atoms with Crippen molar-refractivity contribution in [3.8, 4) is 12.1 Å². The van der Waals surface area contributed by atoms with E-state index in [2.05, 4.69) is 48.8 Å². The lowest BCUT2D eigenvalue weighted by atomic mass is 9.82. The molecule has 0 atom stereocenters. The Hall–Kier alpha value is -1.32. The predicted molar refractivity (Wildman–Crippen MR) is 66.9 cm³/mol. The zero-order valence-corrected chi connectivity index (χ0v) is 11.2. The zero-order valence-electron chi connectivity index (χ0n) is 9.63. The van der Waals surface area contributed by atoms with Crippen molar-refractivity contribution < 1.29 is 0 Å². The van der Waals surface area contributed by atoms with Gasteiger partial charge in [0.15, 0.2) is 0 Å². The molecule has 0 aromatic heterocycles. The molecule has 0 aliphatic carbocycles. The summed E-state index contributed by atoms with van der Waals surface area (Å²) in [5.74, 6) is 0. The van der Waals surface area contributed by atoms with Gasteiger partial charge in [-0.2, -0.15) is 10.5 Å². The van der Waals surface area contributed by atoms with Crippen LogP contribution in [0.5, 0.6) is 0 Å². The maximum Gasteiger partial charge on any atom is 0.100 e. The van der Waals surface area contributed by atoms with Crippen LogP contribution in [0.2, 0.25) is 0 Å². The molecule has 1 aromatic rings. The molecule has 3 heteroatoms. The molecule has 0 aliphatic heterocycles. The van der Waals surface area contributed by atoms with Crippen LogP contribution in [0.1, 0.15) is 37.5 Å². The summed E-state index contributed by atoms with van der Waals surface area (Å²) in [7, 11) is 0. The largest absolute Gasteiger partial charge is 0.198 e. The van der Waals surface area contributed by atoms with Gasteiger partial charge in [0.1, 0.15) is 6.07 Å². The van der Waals surface area contributed by atoms with Crippen LogP contribution in [0.3, 0.4) is 0 Å². The highest BCUT2D eigenvalue weighted by atomic mass is 79.9. The van der Waals surface area contributed by atoms with Gasteiger partial charge in [-0.15, -0.1) is 0 Å². The SMILES string of the molecule is CC(C)(C)c1cc(Br)c(C#N)cc1CC#N. The molecule has 0 radical (unpaired) electrons. The van der Waals surface area contributed by atoms with Crippen LogP contribution >= 0.6 is 15.9 Å². The third kappa shape index (κ3) is 2.62. The van der Waals surface area contributed by atoms with E-state index < -0.39 is 0 Å². The molecule has 1 rings (SSSR count). The van der Waals surface area contributed by atoms with E-state index in [4.69, 9.17) is 10.5 Å². The van der Waals surface area contributed by atoms with E-state index in [1.165, 1.54) is 0 Å². The van der Waals surface area contributed by atoms with Gasteiger partial charge in [-0.05, 0) is 44.6 Å². The third-order valence-corrected chi connectivity index (χ3v) is 3.05. The summed E-state index contributed by atoms with van der Waals surface area (Å²) in [5.41, 5.74) is 2.61. The minimum Gasteiger partial charge on any atom is -0.198 e. The Morgan fingerprint density at radius 3 is 2.31 bits per heavy atom. The Bertz CT molecular complexity index is 484. The smallest absolute Gasteiger partial charge is 0.100 e. The van der Waals surface area contributed by atoms with Crippen LogP contribution in [0, 0.1) is 22.7 Å². The van der Waals surface area contributed by atoms with Crippen LogP contribution in [0.4, 0.5) is 0 Å². The number of hydrogen-bond donors (Lipinski definition) is 0. The Morgan fingerprint density at radius 2 is 1.88 bits per heavy atom. The van der Waals surface area contributed by atoms with Gasteiger partial charge in [-0.25, -0.2) is 0 Å². The summed E-state index contributed by atoms with van der Waals surface area (Å²) in [5, 5.41) is 17.7. The molecule has 82 valence electrons. The van der Waals surface area contributed by atoms with Gasteiger partial charge in [0, 0.05) is 4.47 Å². The van der Waals surface area contributed by atoms with E-state index in [0.717, 1.165) is 15.6 Å². The highest BCUT2D eigenvalue weighted by Gasteiger charge is 2.19. The first-order valence-electron chi connectivity index (χ1n) is 5.00. The monoisotopic (exact) mass is 276 g/mol. The van der Waals surface area contributed by atoms with Crippen molar-refractivity contribution in [1.29, 1.82) is 10.5 Å². The number of halogens is 1. The second kappa shape index (κ2) is 4.68. The number of benzene rings is 1. The molecule has 0 aliphatic rings. The Labute approximate surface area is 105 Å². The molecule has 0 spiro atoms. The molecule has 0 fully saturated rings. The summed E-state index contributed by atoms with van der Waals surface area (Å²) >= 11 is 3.38. The van der Waals surface area contributed by atoms with Crippen molar-refractivity contribution in [3.63, 3.8) is 0 Å². The van der Waals surface area contributed by atoms with Crippen molar-refractivity contribution in [1.82, 2.24) is 0 Å². The van der Waals surface area contributed by atoms with Crippen molar-refractivity contribution in [2.45, 2.75) is 32.6 Å². The van der Waals surface area contributed by atoms with Gasteiger partial charge in [-0.1, -0.05) is 20.8 Å². The quantitative estimate of drug-likeness (QED) is 0.786. The van der Waals surface area contributed by atoms with E-state index in [1.54, 1.807) is 6.07 Å². The fraction of sp³-hybridized carbons (Fsp3) is 0.385. The Kier molecular flexibility index (Phi) is 3.73. The van der Waals surface area contributed by atoms with Crippen LogP contribution < -0.4 is 0 Å². The van der Waals surface area contributed by atoms with E-state index in [0.29, 0.717) is 12.0 Å². The molecule has 0 saturated carbocycles. The van der Waals surface area contributed by atoms with Crippen LogP contribution in [0.15, 0.2) is 16.6 Å². The molecule has 16 heavy (non-hydrogen) atoms. The second-order valence-electron chi connectivity index (χ2n) is 4.69. The highest BCUT2D eigenvalue weighted by molar-refractivity contribution is 9.10. The average Bonchev–Trinajstić information content (AvgIpc) is 2.19. The second-order valence-corrected chi connectivity index (χ2v) is 5.54. The van der Waals surface area contributed by atoms with Crippen molar-refractivity contribution in [2.24, 2.45) is 0 Å². The fourth-order valence-corrected chi connectivity index (χ4v) is 2.07. The molecular formula is C13H13BrN2. The highest BCUT2D eigenvalue weighted by Crippen LogP contribution is 2.31. The number of rotatable bonds is 1. The van der Waals surface area contributed by atoms with Gasteiger partial charge in [-0.3, -0.25) is 0 Å². The lowest BCUT2D eigenvalue weighted by molar-refractivity contribution is 0.584. The fourth-order valence-electron chi connectivity index (χ4n) is 1.63. The van der Waals surface area contributed by atoms with Gasteiger partial charge in [0.25, 0.3) is 0 Å². The molecule has 0 bridgehead atoms. The van der Waals surface area contributed by atoms with Gasteiger partial charge in [0.2, 0.25) is 0 Å². The minimum atomic E-state index is -0.0251. The van der Waals surface area contributed by atoms with E-state index >= 15 is 0 Å². The first-order chi connectivity index (χ1) is 7.40. The number of nitrogens with zero attached hydrogens (tertiary/aromatic N) is 2. The molecular weight excluding hydrogens is 264 g/mol. The van der Waals surface area contributed by atoms with E-state index in [1.807, 2.05) is 6.07 Å². The zero-order chi connectivity index (χ0) is 12.3. The molecule has 0 unspecified atom stereocenters. The first-order valence-corrected chi connectivity index (χ1v) is 5.79. The van der Waals surface area contributed by atoms with E-state index in [9.17, 15) is 0 Å². The summed E-state index contributed by atoms with van der Waals surface area (Å²) in [6.07, 6.45) is 0.342. The summed E-state index contributed by atoms with van der Waals surface area (Å²) in [6, 6.07) is 8.01. The van der Waals surface area contributed by atoms with Crippen LogP contribution in [0.25, 0.3) is 0 Å². The average molecular weight is 277 g/mol. The third-order valence-electron chi connectivity index (χ3n) is 2.39. The van der Waals surface area contributed by atoms with Crippen LogP contribution in [-0.4, -0.2) is 0 Å². The maximum absolute atomic E-state index is 8.94. The first kappa shape index (κ1) is 12.7. The lowest BCUT2D eigenvalue weighted by Gasteiger charge is -2.22. The molecule has 0 saturated heterocycles. The van der Waals surface area contributed by atoms with Gasteiger partial charge < -0.3 is 0 Å². The molecule has 2 nitrogen and oxygen atoms in total. The van der Waals surface area contributed by atoms with Crippen molar-refractivity contribution in [3.05, 3.63) is 33.3 Å². The molecule has 0 heterocycles. The minimum absolute atomic E-state index is 0.0251. The normalized spacial score (nSPS) is 10.6. The topological polar surface area (TPSA) is 47.6 Å². The van der Waals surface area contributed by atoms with Crippen molar-refractivity contribution >= 4 is 15.9 Å². The lowest BCUT2D eigenvalue weighted by Crippen LogP contribution is -2.14. The van der Waals surface area contributed by atoms with Crippen LogP contribution in [-0.2, 0) is 11.8 Å². The summed E-state index contributed by atoms with van der Waals surface area (Å²) < 4.78 is 0.793. The molecule has 0 amide bonds. The Balaban J connectivity index is 3.45.